The average molecular weight is 353 g/mol. The molecule has 1 saturated heterocycles. The highest BCUT2D eigenvalue weighted by molar-refractivity contribution is 8.14. The zero-order valence-corrected chi connectivity index (χ0v) is 14.5. The maximum Gasteiger partial charge on any atom is 0.261 e. The minimum Gasteiger partial charge on any atom is -0.383 e. The minimum atomic E-state index is -3.75. The number of likely N-dealkylation sites (tertiary alicyclic amines) is 1. The molecule has 2 aromatic rings. The summed E-state index contributed by atoms with van der Waals surface area (Å²) in [4.78, 5) is 2.63. The van der Waals surface area contributed by atoms with Crippen molar-refractivity contribution in [3.63, 3.8) is 0 Å². The van der Waals surface area contributed by atoms with Crippen LogP contribution in [0.3, 0.4) is 0 Å². The summed E-state index contributed by atoms with van der Waals surface area (Å²) in [5.74, 6) is 0. The lowest BCUT2D eigenvalue weighted by Crippen LogP contribution is -2.33. The quantitative estimate of drug-likeness (QED) is 0.834. The van der Waals surface area contributed by atoms with E-state index in [2.05, 4.69) is 10.2 Å². The maximum atomic E-state index is 11.7. The number of piperidine rings is 1. The Kier molecular flexibility index (Phi) is 5.09. The van der Waals surface area contributed by atoms with E-state index >= 15 is 0 Å². The molecule has 0 aromatic heterocycles. The van der Waals surface area contributed by atoms with Gasteiger partial charge in [0.15, 0.2) is 0 Å². The Labute approximate surface area is 141 Å². The van der Waals surface area contributed by atoms with Gasteiger partial charge >= 0.3 is 0 Å². The fraction of sp³-hybridized carbons (Fsp3) is 0.412. The molecule has 2 aromatic carbocycles. The minimum absolute atomic E-state index is 0.163. The molecule has 1 aliphatic rings. The molecule has 1 heterocycles. The van der Waals surface area contributed by atoms with Crippen LogP contribution in [0.5, 0.6) is 0 Å². The maximum absolute atomic E-state index is 11.7. The van der Waals surface area contributed by atoms with Crippen LogP contribution in [0.15, 0.2) is 41.3 Å². The first-order chi connectivity index (χ1) is 11.1. The van der Waals surface area contributed by atoms with Gasteiger partial charge in [-0.1, -0.05) is 30.7 Å². The number of anilines is 1. The SMILES string of the molecule is O=S(=O)(Cl)c1cccc2c(NCCN3CCCCC3)cccc12. The Morgan fingerprint density at radius 1 is 1.00 bits per heavy atom. The molecule has 1 fully saturated rings. The van der Waals surface area contributed by atoms with Gasteiger partial charge in [0, 0.05) is 40.2 Å². The molecule has 6 heteroatoms. The first-order valence-electron chi connectivity index (χ1n) is 7.98. The Morgan fingerprint density at radius 3 is 2.43 bits per heavy atom. The van der Waals surface area contributed by atoms with Crippen molar-refractivity contribution < 1.29 is 8.42 Å². The van der Waals surface area contributed by atoms with E-state index in [1.165, 1.54) is 32.4 Å². The van der Waals surface area contributed by atoms with Crippen LogP contribution in [-0.2, 0) is 9.05 Å². The number of nitrogens with zero attached hydrogens (tertiary/aromatic N) is 1. The number of hydrogen-bond donors (Lipinski definition) is 1. The normalized spacial score (nSPS) is 16.6. The zero-order chi connectivity index (χ0) is 16.3. The molecule has 0 spiro atoms. The zero-order valence-electron chi connectivity index (χ0n) is 13.0. The summed E-state index contributed by atoms with van der Waals surface area (Å²) in [7, 11) is 1.79. The van der Waals surface area contributed by atoms with Gasteiger partial charge in [0.2, 0.25) is 0 Å². The lowest BCUT2D eigenvalue weighted by molar-refractivity contribution is 0.237. The predicted molar refractivity (Wildman–Crippen MR) is 95.8 cm³/mol. The summed E-state index contributed by atoms with van der Waals surface area (Å²) in [6, 6.07) is 10.8. The molecule has 0 amide bonds. The molecule has 23 heavy (non-hydrogen) atoms. The molecule has 3 rings (SSSR count). The summed E-state index contributed by atoms with van der Waals surface area (Å²) in [5, 5.41) is 4.97. The van der Waals surface area contributed by atoms with Gasteiger partial charge in [-0.05, 0) is 38.1 Å². The summed E-state index contributed by atoms with van der Waals surface area (Å²) < 4.78 is 23.4. The third-order valence-electron chi connectivity index (χ3n) is 4.34. The Hall–Kier alpha value is -1.30. The molecule has 0 bridgehead atoms. The first kappa shape index (κ1) is 16.6. The molecular formula is C17H21ClN2O2S. The lowest BCUT2D eigenvalue weighted by atomic mass is 10.1. The van der Waals surface area contributed by atoms with E-state index in [9.17, 15) is 8.42 Å². The second-order valence-corrected chi connectivity index (χ2v) is 8.46. The summed E-state index contributed by atoms with van der Waals surface area (Å²) in [5.41, 5.74) is 0.946. The van der Waals surface area contributed by atoms with Crippen LogP contribution < -0.4 is 5.32 Å². The van der Waals surface area contributed by atoms with Gasteiger partial charge < -0.3 is 10.2 Å². The van der Waals surface area contributed by atoms with Crippen molar-refractivity contribution in [2.45, 2.75) is 24.2 Å². The topological polar surface area (TPSA) is 49.4 Å². The lowest BCUT2D eigenvalue weighted by Gasteiger charge is -2.26. The van der Waals surface area contributed by atoms with Gasteiger partial charge in [-0.3, -0.25) is 0 Å². The largest absolute Gasteiger partial charge is 0.383 e. The monoisotopic (exact) mass is 352 g/mol. The summed E-state index contributed by atoms with van der Waals surface area (Å²) in [6.07, 6.45) is 3.90. The highest BCUT2D eigenvalue weighted by atomic mass is 35.7. The number of halogens is 1. The first-order valence-corrected chi connectivity index (χ1v) is 10.3. The molecular weight excluding hydrogens is 332 g/mol. The van der Waals surface area contributed by atoms with Crippen molar-refractivity contribution in [2.75, 3.05) is 31.5 Å². The summed E-state index contributed by atoms with van der Waals surface area (Å²) in [6.45, 7) is 4.19. The standard InChI is InChI=1S/C17H21ClN2O2S/c18-23(21,22)17-9-5-6-14-15(17)7-4-8-16(14)19-10-13-20-11-2-1-3-12-20/h4-9,19H,1-3,10-13H2. The van der Waals surface area contributed by atoms with Crippen molar-refractivity contribution in [2.24, 2.45) is 0 Å². The second-order valence-electron chi connectivity index (χ2n) is 5.92. The smallest absolute Gasteiger partial charge is 0.261 e. The molecule has 0 unspecified atom stereocenters. The molecule has 0 atom stereocenters. The van der Waals surface area contributed by atoms with E-state index in [4.69, 9.17) is 10.7 Å². The number of rotatable bonds is 5. The van der Waals surface area contributed by atoms with E-state index in [0.29, 0.717) is 5.39 Å². The molecule has 0 radical (unpaired) electrons. The van der Waals surface area contributed by atoms with Crippen LogP contribution in [-0.4, -0.2) is 39.5 Å². The van der Waals surface area contributed by atoms with Crippen LogP contribution in [0, 0.1) is 0 Å². The van der Waals surface area contributed by atoms with Crippen molar-refractivity contribution in [3.8, 4) is 0 Å². The number of benzene rings is 2. The van der Waals surface area contributed by atoms with Crippen LogP contribution in [0.2, 0.25) is 0 Å². The van der Waals surface area contributed by atoms with Crippen LogP contribution >= 0.6 is 10.7 Å². The van der Waals surface area contributed by atoms with Crippen LogP contribution in [0.1, 0.15) is 19.3 Å². The fourth-order valence-electron chi connectivity index (χ4n) is 3.18. The molecule has 0 aliphatic carbocycles. The highest BCUT2D eigenvalue weighted by Crippen LogP contribution is 2.30. The number of hydrogen-bond acceptors (Lipinski definition) is 4. The van der Waals surface area contributed by atoms with Gasteiger partial charge in [0.05, 0.1) is 4.90 Å². The van der Waals surface area contributed by atoms with Crippen LogP contribution in [0.4, 0.5) is 5.69 Å². The van der Waals surface area contributed by atoms with Crippen molar-refractivity contribution >= 4 is 36.2 Å². The molecule has 0 saturated carbocycles. The Morgan fingerprint density at radius 2 is 1.70 bits per heavy atom. The van der Waals surface area contributed by atoms with Crippen LogP contribution in [0.25, 0.3) is 10.8 Å². The molecule has 1 N–H and O–H groups in total. The van der Waals surface area contributed by atoms with Crippen molar-refractivity contribution in [1.82, 2.24) is 4.90 Å². The fourth-order valence-corrected chi connectivity index (χ4v) is 4.27. The van der Waals surface area contributed by atoms with Gasteiger partial charge in [0.25, 0.3) is 9.05 Å². The van der Waals surface area contributed by atoms with E-state index in [1.807, 2.05) is 18.2 Å². The van der Waals surface area contributed by atoms with Gasteiger partial charge in [0.1, 0.15) is 0 Å². The number of nitrogens with one attached hydrogen (secondary N) is 1. The van der Waals surface area contributed by atoms with E-state index < -0.39 is 9.05 Å². The highest BCUT2D eigenvalue weighted by Gasteiger charge is 2.15. The number of fused-ring (bicyclic) bond motifs is 1. The molecule has 124 valence electrons. The van der Waals surface area contributed by atoms with E-state index in [-0.39, 0.29) is 4.90 Å². The molecule has 1 aliphatic heterocycles. The predicted octanol–water partition coefficient (Wildman–Crippen LogP) is 3.67. The molecule has 4 nitrogen and oxygen atoms in total. The van der Waals surface area contributed by atoms with Crippen molar-refractivity contribution in [3.05, 3.63) is 36.4 Å². The van der Waals surface area contributed by atoms with Crippen molar-refractivity contribution in [1.29, 1.82) is 0 Å². The third-order valence-corrected chi connectivity index (χ3v) is 5.72. The van der Waals surface area contributed by atoms with Gasteiger partial charge in [-0.15, -0.1) is 0 Å². The Balaban J connectivity index is 1.78. The van der Waals surface area contributed by atoms with Gasteiger partial charge in [-0.2, -0.15) is 0 Å². The third kappa shape index (κ3) is 3.97. The van der Waals surface area contributed by atoms with E-state index in [0.717, 1.165) is 24.2 Å². The Bertz CT molecular complexity index is 786. The van der Waals surface area contributed by atoms with E-state index in [1.54, 1.807) is 18.2 Å². The average Bonchev–Trinajstić information content (AvgIpc) is 2.54. The second kappa shape index (κ2) is 7.07. The summed E-state index contributed by atoms with van der Waals surface area (Å²) >= 11 is 0. The van der Waals surface area contributed by atoms with Gasteiger partial charge in [-0.25, -0.2) is 8.42 Å².